The molecule has 8 heteroatoms. The van der Waals surface area contributed by atoms with Crippen molar-refractivity contribution in [3.8, 4) is 11.5 Å². The maximum Gasteiger partial charge on any atom is 0.254 e. The molecule has 2 aliphatic rings. The lowest BCUT2D eigenvalue weighted by Crippen LogP contribution is -2.33. The number of hydrogen-bond acceptors (Lipinski definition) is 5. The highest BCUT2D eigenvalue weighted by atomic mass is 32.2. The van der Waals surface area contributed by atoms with Crippen molar-refractivity contribution in [2.45, 2.75) is 56.1 Å². The van der Waals surface area contributed by atoms with E-state index in [9.17, 15) is 13.2 Å². The van der Waals surface area contributed by atoms with E-state index in [1.807, 2.05) is 30.0 Å². The minimum absolute atomic E-state index is 0.00828. The lowest BCUT2D eigenvalue weighted by atomic mass is 10.1. The standard InChI is InChI=1S/C23H28N2O5S/c1-15-4-10-20(31(27,28)24-17-5-6-17)13-21(15)23(26)25(18-7-8-18)14-16-12-19(29-2)9-11-22(16)30-3/h4,9-13,17-18,24H,5-8,14H2,1-3H3. The van der Waals surface area contributed by atoms with Crippen LogP contribution in [0.25, 0.3) is 0 Å². The predicted octanol–water partition coefficient (Wildman–Crippen LogP) is 3.26. The summed E-state index contributed by atoms with van der Waals surface area (Å²) < 4.78 is 38.8. The number of hydrogen-bond donors (Lipinski definition) is 1. The highest BCUT2D eigenvalue weighted by molar-refractivity contribution is 7.89. The molecule has 2 aliphatic carbocycles. The van der Waals surface area contributed by atoms with Crippen molar-refractivity contribution in [3.63, 3.8) is 0 Å². The fourth-order valence-corrected chi connectivity index (χ4v) is 4.91. The third-order valence-electron chi connectivity index (χ3n) is 5.73. The molecule has 0 bridgehead atoms. The molecule has 0 spiro atoms. The van der Waals surface area contributed by atoms with Gasteiger partial charge in [0.2, 0.25) is 10.0 Å². The molecule has 7 nitrogen and oxygen atoms in total. The van der Waals surface area contributed by atoms with Gasteiger partial charge < -0.3 is 14.4 Å². The van der Waals surface area contributed by atoms with Crippen LogP contribution in [0.2, 0.25) is 0 Å². The van der Waals surface area contributed by atoms with Crippen LogP contribution in [0.1, 0.15) is 47.2 Å². The lowest BCUT2D eigenvalue weighted by Gasteiger charge is -2.25. The molecule has 31 heavy (non-hydrogen) atoms. The molecule has 2 aromatic carbocycles. The second-order valence-corrected chi connectivity index (χ2v) is 9.93. The Hall–Kier alpha value is -2.58. The summed E-state index contributed by atoms with van der Waals surface area (Å²) in [4.78, 5) is 15.5. The van der Waals surface area contributed by atoms with E-state index in [4.69, 9.17) is 9.47 Å². The number of benzene rings is 2. The van der Waals surface area contributed by atoms with E-state index in [0.29, 0.717) is 23.6 Å². The Morgan fingerprint density at radius 2 is 1.81 bits per heavy atom. The maximum absolute atomic E-state index is 13.6. The average molecular weight is 445 g/mol. The van der Waals surface area contributed by atoms with Crippen molar-refractivity contribution >= 4 is 15.9 Å². The normalized spacial score (nSPS) is 16.1. The lowest BCUT2D eigenvalue weighted by molar-refractivity contribution is 0.0727. The van der Waals surface area contributed by atoms with Crippen molar-refractivity contribution in [3.05, 3.63) is 53.1 Å². The SMILES string of the molecule is COc1ccc(OC)c(CN(C(=O)c2cc(S(=O)(=O)NC3CC3)ccc2C)C2CC2)c1. The zero-order chi connectivity index (χ0) is 22.2. The smallest absolute Gasteiger partial charge is 0.254 e. The summed E-state index contributed by atoms with van der Waals surface area (Å²) in [5.41, 5.74) is 2.00. The highest BCUT2D eigenvalue weighted by Crippen LogP contribution is 2.34. The Kier molecular flexibility index (Phi) is 5.94. The van der Waals surface area contributed by atoms with Gasteiger partial charge in [-0.05, 0) is 68.5 Å². The Morgan fingerprint density at radius 1 is 1.06 bits per heavy atom. The van der Waals surface area contributed by atoms with E-state index in [-0.39, 0.29) is 22.9 Å². The van der Waals surface area contributed by atoms with Crippen molar-refractivity contribution in [2.75, 3.05) is 14.2 Å². The minimum Gasteiger partial charge on any atom is -0.497 e. The van der Waals surface area contributed by atoms with E-state index in [1.54, 1.807) is 26.4 Å². The second kappa shape index (κ2) is 8.51. The van der Waals surface area contributed by atoms with E-state index in [0.717, 1.165) is 36.8 Å². The summed E-state index contributed by atoms with van der Waals surface area (Å²) in [6.07, 6.45) is 3.57. The Labute approximate surface area is 183 Å². The molecule has 2 fully saturated rings. The van der Waals surface area contributed by atoms with E-state index in [1.165, 1.54) is 6.07 Å². The number of aryl methyl sites for hydroxylation is 1. The van der Waals surface area contributed by atoms with Crippen molar-refractivity contribution < 1.29 is 22.7 Å². The third kappa shape index (κ3) is 4.85. The van der Waals surface area contributed by atoms with Gasteiger partial charge in [0.05, 0.1) is 25.7 Å². The zero-order valence-corrected chi connectivity index (χ0v) is 18.9. The molecule has 4 rings (SSSR count). The maximum atomic E-state index is 13.6. The number of nitrogens with zero attached hydrogens (tertiary/aromatic N) is 1. The van der Waals surface area contributed by atoms with Gasteiger partial charge in [0.1, 0.15) is 11.5 Å². The number of ether oxygens (including phenoxy) is 2. The molecule has 0 saturated heterocycles. The van der Waals surface area contributed by atoms with Crippen LogP contribution in [0.4, 0.5) is 0 Å². The van der Waals surface area contributed by atoms with Crippen LogP contribution < -0.4 is 14.2 Å². The van der Waals surface area contributed by atoms with Crippen LogP contribution in [0.3, 0.4) is 0 Å². The Morgan fingerprint density at radius 3 is 2.42 bits per heavy atom. The molecule has 1 amide bonds. The van der Waals surface area contributed by atoms with Gasteiger partial charge in [0, 0.05) is 23.2 Å². The first-order chi connectivity index (χ1) is 14.8. The number of carbonyl (C=O) groups is 1. The molecule has 0 heterocycles. The van der Waals surface area contributed by atoms with Gasteiger partial charge in [0.15, 0.2) is 0 Å². The molecule has 0 radical (unpaired) electrons. The molecule has 0 aliphatic heterocycles. The third-order valence-corrected chi connectivity index (χ3v) is 7.24. The molecule has 1 N–H and O–H groups in total. The molecule has 0 aromatic heterocycles. The largest absolute Gasteiger partial charge is 0.497 e. The predicted molar refractivity (Wildman–Crippen MR) is 117 cm³/mol. The molecule has 0 atom stereocenters. The number of rotatable bonds is 9. The number of nitrogens with one attached hydrogen (secondary N) is 1. The Bertz CT molecular complexity index is 1090. The van der Waals surface area contributed by atoms with Crippen LogP contribution in [-0.2, 0) is 16.6 Å². The van der Waals surface area contributed by atoms with Crippen LogP contribution in [0, 0.1) is 6.92 Å². The average Bonchev–Trinajstić information content (AvgIpc) is 3.67. The minimum atomic E-state index is -3.64. The van der Waals surface area contributed by atoms with Gasteiger partial charge in [-0.25, -0.2) is 13.1 Å². The van der Waals surface area contributed by atoms with Crippen LogP contribution >= 0.6 is 0 Å². The summed E-state index contributed by atoms with van der Waals surface area (Å²) in [5, 5.41) is 0. The topological polar surface area (TPSA) is 84.9 Å². The van der Waals surface area contributed by atoms with E-state index >= 15 is 0 Å². The summed E-state index contributed by atoms with van der Waals surface area (Å²) in [5.74, 6) is 1.20. The van der Waals surface area contributed by atoms with Crippen molar-refractivity contribution in [1.82, 2.24) is 9.62 Å². The second-order valence-electron chi connectivity index (χ2n) is 8.21. The molecule has 2 saturated carbocycles. The first-order valence-corrected chi connectivity index (χ1v) is 12.0. The first kappa shape index (κ1) is 21.6. The number of sulfonamides is 1. The van der Waals surface area contributed by atoms with Crippen LogP contribution in [-0.4, -0.2) is 45.5 Å². The molecular formula is C23H28N2O5S. The summed E-state index contributed by atoms with van der Waals surface area (Å²) in [6.45, 7) is 2.19. The monoisotopic (exact) mass is 444 g/mol. The zero-order valence-electron chi connectivity index (χ0n) is 18.1. The van der Waals surface area contributed by atoms with Crippen molar-refractivity contribution in [2.24, 2.45) is 0 Å². The molecule has 0 unspecified atom stereocenters. The van der Waals surface area contributed by atoms with Gasteiger partial charge >= 0.3 is 0 Å². The highest BCUT2D eigenvalue weighted by Gasteiger charge is 2.35. The van der Waals surface area contributed by atoms with Gasteiger partial charge in [-0.1, -0.05) is 6.07 Å². The quantitative estimate of drug-likeness (QED) is 0.642. The van der Waals surface area contributed by atoms with Gasteiger partial charge in [0.25, 0.3) is 5.91 Å². The first-order valence-electron chi connectivity index (χ1n) is 10.5. The van der Waals surface area contributed by atoms with Crippen molar-refractivity contribution in [1.29, 1.82) is 0 Å². The number of amides is 1. The van der Waals surface area contributed by atoms with E-state index in [2.05, 4.69) is 4.72 Å². The summed E-state index contributed by atoms with van der Waals surface area (Å²) in [7, 11) is -0.441. The van der Waals surface area contributed by atoms with Gasteiger partial charge in [-0.2, -0.15) is 0 Å². The Balaban J connectivity index is 1.64. The number of carbonyl (C=O) groups excluding carboxylic acids is 1. The molecule has 2 aromatic rings. The van der Waals surface area contributed by atoms with Crippen LogP contribution in [0.15, 0.2) is 41.3 Å². The van der Waals surface area contributed by atoms with Crippen LogP contribution in [0.5, 0.6) is 11.5 Å². The van der Waals surface area contributed by atoms with Gasteiger partial charge in [-0.15, -0.1) is 0 Å². The fraction of sp³-hybridized carbons (Fsp3) is 0.435. The molecule has 166 valence electrons. The summed E-state index contributed by atoms with van der Waals surface area (Å²) >= 11 is 0. The fourth-order valence-electron chi connectivity index (χ4n) is 3.58. The molecular weight excluding hydrogens is 416 g/mol. The van der Waals surface area contributed by atoms with Gasteiger partial charge in [-0.3, -0.25) is 4.79 Å². The van der Waals surface area contributed by atoms with E-state index < -0.39 is 10.0 Å². The summed E-state index contributed by atoms with van der Waals surface area (Å²) in [6, 6.07) is 10.4. The number of methoxy groups -OCH3 is 2.